The smallest absolute Gasteiger partial charge is 0.270 e. The Hall–Kier alpha value is -2.60. The highest BCUT2D eigenvalue weighted by Gasteiger charge is 2.10. The van der Waals surface area contributed by atoms with Gasteiger partial charge in [0, 0.05) is 17.3 Å². The van der Waals surface area contributed by atoms with Crippen LogP contribution in [0.25, 0.3) is 11.0 Å². The molecule has 0 aliphatic rings. The van der Waals surface area contributed by atoms with E-state index in [9.17, 15) is 4.79 Å². The van der Waals surface area contributed by atoms with Crippen LogP contribution in [0.4, 0.5) is 0 Å². The Morgan fingerprint density at radius 2 is 2.23 bits per heavy atom. The highest BCUT2D eigenvalue weighted by Crippen LogP contribution is 2.17. The van der Waals surface area contributed by atoms with E-state index in [1.807, 2.05) is 6.07 Å². The Morgan fingerprint density at radius 1 is 1.36 bits per heavy atom. The van der Waals surface area contributed by atoms with Crippen molar-refractivity contribution in [3.05, 3.63) is 53.1 Å². The first-order valence-electron chi connectivity index (χ1n) is 6.58. The number of hydrogen-bond acceptors (Lipinski definition) is 4. The molecule has 0 atom stereocenters. The molecule has 7 heteroatoms. The normalized spacial score (nSPS) is 10.6. The first-order valence-corrected chi connectivity index (χ1v) is 6.96. The molecule has 0 saturated carbocycles. The van der Waals surface area contributed by atoms with Crippen LogP contribution in [-0.2, 0) is 6.54 Å². The predicted molar refractivity (Wildman–Crippen MR) is 83.1 cm³/mol. The predicted octanol–water partition coefficient (Wildman–Crippen LogP) is 2.55. The summed E-state index contributed by atoms with van der Waals surface area (Å²) < 4.78 is 5.07. The van der Waals surface area contributed by atoms with Crippen LogP contribution in [0.15, 0.2) is 36.5 Å². The molecule has 0 radical (unpaired) electrons. The number of imidazole rings is 1. The van der Waals surface area contributed by atoms with E-state index in [1.54, 1.807) is 24.3 Å². The second kappa shape index (κ2) is 6.03. The van der Waals surface area contributed by atoms with Gasteiger partial charge in [-0.3, -0.25) is 9.78 Å². The van der Waals surface area contributed by atoms with Crippen molar-refractivity contribution in [2.75, 3.05) is 7.11 Å². The van der Waals surface area contributed by atoms with Crippen molar-refractivity contribution in [3.63, 3.8) is 0 Å². The standard InChI is InChI=1S/C15H13ClN4O2/c1-22-10-4-5-17-13(7-10)15(21)18-8-14-19-11-3-2-9(16)6-12(11)20-14/h2-7H,8H2,1H3,(H,18,21)(H,19,20). The van der Waals surface area contributed by atoms with Gasteiger partial charge in [-0.2, -0.15) is 0 Å². The summed E-state index contributed by atoms with van der Waals surface area (Å²) in [5.41, 5.74) is 1.92. The summed E-state index contributed by atoms with van der Waals surface area (Å²) >= 11 is 5.93. The second-order valence-electron chi connectivity index (χ2n) is 4.61. The molecular formula is C15H13ClN4O2. The van der Waals surface area contributed by atoms with Crippen molar-refractivity contribution < 1.29 is 9.53 Å². The number of amides is 1. The first-order chi connectivity index (χ1) is 10.7. The molecule has 112 valence electrons. The van der Waals surface area contributed by atoms with Crippen LogP contribution in [0, 0.1) is 0 Å². The lowest BCUT2D eigenvalue weighted by atomic mass is 10.3. The third kappa shape index (κ3) is 3.01. The fourth-order valence-electron chi connectivity index (χ4n) is 2.04. The molecule has 0 aliphatic heterocycles. The molecule has 1 amide bonds. The van der Waals surface area contributed by atoms with E-state index >= 15 is 0 Å². The van der Waals surface area contributed by atoms with E-state index in [1.165, 1.54) is 13.3 Å². The monoisotopic (exact) mass is 316 g/mol. The zero-order valence-electron chi connectivity index (χ0n) is 11.8. The van der Waals surface area contributed by atoms with Gasteiger partial charge in [-0.25, -0.2) is 4.98 Å². The molecule has 0 aliphatic carbocycles. The number of hydrogen-bond donors (Lipinski definition) is 2. The molecule has 0 bridgehead atoms. The van der Waals surface area contributed by atoms with Gasteiger partial charge in [-0.05, 0) is 24.3 Å². The van der Waals surface area contributed by atoms with Crippen molar-refractivity contribution in [2.24, 2.45) is 0 Å². The summed E-state index contributed by atoms with van der Waals surface area (Å²) in [6, 6.07) is 8.64. The number of halogens is 1. The van der Waals surface area contributed by atoms with Crippen molar-refractivity contribution in [2.45, 2.75) is 6.54 Å². The van der Waals surface area contributed by atoms with Gasteiger partial charge >= 0.3 is 0 Å². The maximum atomic E-state index is 12.1. The van der Waals surface area contributed by atoms with Crippen molar-refractivity contribution >= 4 is 28.5 Å². The number of pyridine rings is 1. The van der Waals surface area contributed by atoms with Gasteiger partial charge in [-0.15, -0.1) is 0 Å². The molecule has 22 heavy (non-hydrogen) atoms. The van der Waals surface area contributed by atoms with Gasteiger partial charge in [0.15, 0.2) is 0 Å². The number of nitrogens with one attached hydrogen (secondary N) is 2. The fourth-order valence-corrected chi connectivity index (χ4v) is 2.21. The Bertz CT molecular complexity index is 831. The highest BCUT2D eigenvalue weighted by atomic mass is 35.5. The van der Waals surface area contributed by atoms with Crippen molar-refractivity contribution in [3.8, 4) is 5.75 Å². The third-order valence-electron chi connectivity index (χ3n) is 3.11. The second-order valence-corrected chi connectivity index (χ2v) is 5.04. The van der Waals surface area contributed by atoms with Gasteiger partial charge in [0.25, 0.3) is 5.91 Å². The minimum Gasteiger partial charge on any atom is -0.497 e. The van der Waals surface area contributed by atoms with E-state index in [0.717, 1.165) is 11.0 Å². The number of rotatable bonds is 4. The first kappa shape index (κ1) is 14.3. The molecule has 6 nitrogen and oxygen atoms in total. The van der Waals surface area contributed by atoms with Crippen LogP contribution >= 0.6 is 11.6 Å². The molecule has 0 fully saturated rings. The van der Waals surface area contributed by atoms with Crippen LogP contribution in [0.1, 0.15) is 16.3 Å². The lowest BCUT2D eigenvalue weighted by Gasteiger charge is -2.04. The number of fused-ring (bicyclic) bond motifs is 1. The molecular weight excluding hydrogens is 304 g/mol. The molecule has 2 N–H and O–H groups in total. The van der Waals surface area contributed by atoms with Gasteiger partial charge in [-0.1, -0.05) is 11.6 Å². The van der Waals surface area contributed by atoms with Crippen LogP contribution in [0.2, 0.25) is 5.02 Å². The number of H-pyrrole nitrogens is 1. The summed E-state index contributed by atoms with van der Waals surface area (Å²) in [4.78, 5) is 23.6. The lowest BCUT2D eigenvalue weighted by molar-refractivity contribution is 0.0944. The average Bonchev–Trinajstić information content (AvgIpc) is 2.94. The van der Waals surface area contributed by atoms with E-state index < -0.39 is 0 Å². The molecule has 2 aromatic heterocycles. The van der Waals surface area contributed by atoms with Gasteiger partial charge in [0.05, 0.1) is 24.7 Å². The highest BCUT2D eigenvalue weighted by molar-refractivity contribution is 6.31. The number of methoxy groups -OCH3 is 1. The molecule has 3 rings (SSSR count). The molecule has 0 unspecified atom stereocenters. The van der Waals surface area contributed by atoms with Gasteiger partial charge in [0.2, 0.25) is 0 Å². The molecule has 1 aromatic carbocycles. The molecule has 0 saturated heterocycles. The quantitative estimate of drug-likeness (QED) is 0.775. The van der Waals surface area contributed by atoms with Crippen LogP contribution in [0.3, 0.4) is 0 Å². The Morgan fingerprint density at radius 3 is 3.05 bits per heavy atom. The number of carbonyl (C=O) groups is 1. The number of benzene rings is 1. The zero-order chi connectivity index (χ0) is 15.5. The number of aromatic amines is 1. The third-order valence-corrected chi connectivity index (χ3v) is 3.34. The largest absolute Gasteiger partial charge is 0.497 e. The summed E-state index contributed by atoms with van der Waals surface area (Å²) in [7, 11) is 1.54. The van der Waals surface area contributed by atoms with Gasteiger partial charge in [0.1, 0.15) is 17.3 Å². The maximum Gasteiger partial charge on any atom is 0.270 e. The Balaban J connectivity index is 1.71. The minimum atomic E-state index is -0.294. The summed E-state index contributed by atoms with van der Waals surface area (Å²) in [6.07, 6.45) is 1.52. The number of aromatic nitrogens is 3. The zero-order valence-corrected chi connectivity index (χ0v) is 12.5. The van der Waals surface area contributed by atoms with Gasteiger partial charge < -0.3 is 15.0 Å². The van der Waals surface area contributed by atoms with Crippen LogP contribution in [-0.4, -0.2) is 28.0 Å². The van der Waals surface area contributed by atoms with E-state index in [4.69, 9.17) is 16.3 Å². The van der Waals surface area contributed by atoms with Crippen LogP contribution < -0.4 is 10.1 Å². The van der Waals surface area contributed by atoms with E-state index in [0.29, 0.717) is 22.3 Å². The number of nitrogens with zero attached hydrogens (tertiary/aromatic N) is 2. The van der Waals surface area contributed by atoms with Crippen molar-refractivity contribution in [1.29, 1.82) is 0 Å². The SMILES string of the molecule is COc1ccnc(C(=O)NCc2nc3ccc(Cl)cc3[nH]2)c1. The average molecular weight is 317 g/mol. The molecule has 0 spiro atoms. The van der Waals surface area contributed by atoms with Crippen LogP contribution in [0.5, 0.6) is 5.75 Å². The summed E-state index contributed by atoms with van der Waals surface area (Å²) in [5.74, 6) is 0.935. The lowest BCUT2D eigenvalue weighted by Crippen LogP contribution is -2.24. The van der Waals surface area contributed by atoms with E-state index in [-0.39, 0.29) is 12.5 Å². The summed E-state index contributed by atoms with van der Waals surface area (Å²) in [5, 5.41) is 3.39. The Kier molecular flexibility index (Phi) is 3.93. The molecule has 2 heterocycles. The maximum absolute atomic E-state index is 12.1. The minimum absolute atomic E-state index is 0.268. The topological polar surface area (TPSA) is 79.9 Å². The fraction of sp³-hybridized carbons (Fsp3) is 0.133. The Labute approximate surface area is 131 Å². The van der Waals surface area contributed by atoms with Crippen molar-refractivity contribution in [1.82, 2.24) is 20.3 Å². The number of ether oxygens (including phenoxy) is 1. The summed E-state index contributed by atoms with van der Waals surface area (Å²) in [6.45, 7) is 0.268. The van der Waals surface area contributed by atoms with E-state index in [2.05, 4.69) is 20.3 Å². The molecule has 3 aromatic rings. The number of carbonyl (C=O) groups excluding carboxylic acids is 1.